The van der Waals surface area contributed by atoms with Crippen molar-refractivity contribution in [2.45, 2.75) is 26.2 Å². The van der Waals surface area contributed by atoms with Crippen LogP contribution in [-0.2, 0) is 0 Å². The highest BCUT2D eigenvalue weighted by Gasteiger charge is 2.18. The van der Waals surface area contributed by atoms with E-state index in [4.69, 9.17) is 9.47 Å². The zero-order valence-electron chi connectivity index (χ0n) is 22.2. The number of pyridine rings is 1. The molecule has 1 atom stereocenters. The molecule has 0 fully saturated rings. The van der Waals surface area contributed by atoms with Gasteiger partial charge in [0, 0.05) is 34.0 Å². The number of hydrogen-bond acceptors (Lipinski definition) is 7. The van der Waals surface area contributed by atoms with Gasteiger partial charge in [0.25, 0.3) is 5.56 Å². The third-order valence-electron chi connectivity index (χ3n) is 6.91. The molecule has 0 radical (unpaired) electrons. The molecule has 0 saturated carbocycles. The molecule has 5 rings (SSSR count). The Kier molecular flexibility index (Phi) is 7.47. The van der Waals surface area contributed by atoms with E-state index in [0.717, 1.165) is 17.7 Å². The fourth-order valence-electron chi connectivity index (χ4n) is 4.49. The summed E-state index contributed by atoms with van der Waals surface area (Å²) in [6, 6.07) is 20.6. The molecule has 0 spiro atoms. The first-order valence-electron chi connectivity index (χ1n) is 12.6. The molecule has 8 heteroatoms. The van der Waals surface area contributed by atoms with Gasteiger partial charge in [-0.25, -0.2) is 14.5 Å². The Morgan fingerprint density at radius 1 is 1.03 bits per heavy atom. The maximum absolute atomic E-state index is 13.5. The lowest BCUT2D eigenvalue weighted by atomic mass is 9.97. The summed E-state index contributed by atoms with van der Waals surface area (Å²) >= 11 is 1.41. The van der Waals surface area contributed by atoms with Gasteiger partial charge in [-0.2, -0.15) is 0 Å². The first-order chi connectivity index (χ1) is 18.9. The van der Waals surface area contributed by atoms with Crippen LogP contribution in [0.5, 0.6) is 17.4 Å². The molecule has 198 valence electrons. The van der Waals surface area contributed by atoms with Gasteiger partial charge in [0.05, 0.1) is 31.2 Å². The fourth-order valence-corrected chi connectivity index (χ4v) is 5.16. The van der Waals surface area contributed by atoms with E-state index in [-0.39, 0.29) is 11.4 Å². The molecule has 39 heavy (non-hydrogen) atoms. The van der Waals surface area contributed by atoms with Crippen molar-refractivity contribution in [3.8, 4) is 34.3 Å². The van der Waals surface area contributed by atoms with E-state index in [1.807, 2.05) is 11.4 Å². The molecule has 0 aliphatic heterocycles. The smallest absolute Gasteiger partial charge is 0.265 e. The number of aromatic nitrogens is 2. The van der Waals surface area contributed by atoms with Gasteiger partial charge < -0.3 is 14.6 Å². The van der Waals surface area contributed by atoms with Crippen molar-refractivity contribution in [3.05, 3.63) is 93.6 Å². The molecule has 2 aromatic heterocycles. The summed E-state index contributed by atoms with van der Waals surface area (Å²) in [5, 5.41) is 14.9. The number of thiazole rings is 1. The minimum absolute atomic E-state index is 0.230. The number of hydrogen-bond donors (Lipinski definition) is 1. The molecule has 0 amide bonds. The Morgan fingerprint density at radius 2 is 1.74 bits per heavy atom. The third-order valence-corrected chi connectivity index (χ3v) is 7.66. The highest BCUT2D eigenvalue weighted by atomic mass is 32.1. The van der Waals surface area contributed by atoms with E-state index in [9.17, 15) is 9.90 Å². The number of methoxy groups -OCH3 is 2. The quantitative estimate of drug-likeness (QED) is 0.213. The third kappa shape index (κ3) is 5.03. The van der Waals surface area contributed by atoms with Gasteiger partial charge in [-0.3, -0.25) is 4.79 Å². The van der Waals surface area contributed by atoms with Crippen LogP contribution in [0, 0.1) is 0 Å². The molecule has 0 bridgehead atoms. The lowest BCUT2D eigenvalue weighted by molar-refractivity contribution is 0.354. The summed E-state index contributed by atoms with van der Waals surface area (Å²) < 4.78 is 12.0. The lowest BCUT2D eigenvalue weighted by Crippen LogP contribution is -2.20. The summed E-state index contributed by atoms with van der Waals surface area (Å²) in [7, 11) is 3.06. The largest absolute Gasteiger partial charge is 0.494 e. The molecule has 1 N–H and O–H groups in total. The summed E-state index contributed by atoms with van der Waals surface area (Å²) in [6.45, 7) is 4.40. The minimum Gasteiger partial charge on any atom is -0.494 e. The highest BCUT2D eigenvalue weighted by Crippen LogP contribution is 2.33. The maximum Gasteiger partial charge on any atom is 0.265 e. The zero-order valence-corrected chi connectivity index (χ0v) is 23.0. The highest BCUT2D eigenvalue weighted by molar-refractivity contribution is 7.13. The first kappa shape index (κ1) is 26.2. The summed E-state index contributed by atoms with van der Waals surface area (Å²) in [4.78, 5) is 22.7. The molecule has 0 aliphatic carbocycles. The molecule has 3 aromatic carbocycles. The van der Waals surface area contributed by atoms with E-state index in [1.54, 1.807) is 42.6 Å². The normalized spacial score (nSPS) is 12.2. The van der Waals surface area contributed by atoms with Crippen LogP contribution < -0.4 is 15.0 Å². The number of nitrogens with zero attached hydrogens (tertiary/aromatic N) is 3. The van der Waals surface area contributed by atoms with Crippen LogP contribution in [0.4, 0.5) is 5.13 Å². The topological polar surface area (TPSA) is 85.9 Å². The van der Waals surface area contributed by atoms with Gasteiger partial charge in [-0.05, 0) is 36.1 Å². The van der Waals surface area contributed by atoms with E-state index < -0.39 is 0 Å². The van der Waals surface area contributed by atoms with Crippen LogP contribution in [0.2, 0.25) is 0 Å². The second kappa shape index (κ2) is 11.1. The zero-order chi connectivity index (χ0) is 27.5. The van der Waals surface area contributed by atoms with Crippen LogP contribution in [-0.4, -0.2) is 35.1 Å². The Labute approximate surface area is 230 Å². The Balaban J connectivity index is 1.55. The van der Waals surface area contributed by atoms with Crippen molar-refractivity contribution in [1.82, 2.24) is 9.55 Å². The van der Waals surface area contributed by atoms with Gasteiger partial charge >= 0.3 is 0 Å². The molecule has 0 aliphatic rings. The van der Waals surface area contributed by atoms with Crippen molar-refractivity contribution < 1.29 is 14.6 Å². The van der Waals surface area contributed by atoms with Gasteiger partial charge in [0.2, 0.25) is 11.0 Å². The minimum atomic E-state index is -0.357. The molecule has 7 nitrogen and oxygen atoms in total. The van der Waals surface area contributed by atoms with Crippen LogP contribution in [0.1, 0.15) is 37.3 Å². The van der Waals surface area contributed by atoms with Gasteiger partial charge in [-0.1, -0.05) is 56.3 Å². The maximum atomic E-state index is 13.5. The molecule has 2 heterocycles. The van der Waals surface area contributed by atoms with Crippen molar-refractivity contribution in [2.24, 2.45) is 4.99 Å². The Hall–Kier alpha value is -4.43. The number of aromatic hydroxyl groups is 1. The van der Waals surface area contributed by atoms with Crippen LogP contribution in [0.3, 0.4) is 0 Å². The average Bonchev–Trinajstić information content (AvgIpc) is 3.45. The standard InChI is InChI=1S/C31H29N3O4S/c1-5-19(2)20-10-12-21(13-11-20)26-18-39-31(33-26)32-17-25-23-8-6-7-9-24(23)29(35)34(30(25)36)22-14-15-27(37-3)28(16-22)38-4/h6-19,36H,5H2,1-4H3/t19-/m1/s1. The van der Waals surface area contributed by atoms with Gasteiger partial charge in [0.1, 0.15) is 0 Å². The number of rotatable bonds is 8. The van der Waals surface area contributed by atoms with Gasteiger partial charge in [-0.15, -0.1) is 11.3 Å². The van der Waals surface area contributed by atoms with Crippen molar-refractivity contribution in [2.75, 3.05) is 14.2 Å². The summed E-state index contributed by atoms with van der Waals surface area (Å²) in [6.07, 6.45) is 2.65. The predicted octanol–water partition coefficient (Wildman–Crippen LogP) is 7.10. The predicted molar refractivity (Wildman–Crippen MR) is 158 cm³/mol. The number of ether oxygens (including phenoxy) is 2. The average molecular weight is 540 g/mol. The van der Waals surface area contributed by atoms with Crippen molar-refractivity contribution in [3.63, 3.8) is 0 Å². The number of benzene rings is 3. The van der Waals surface area contributed by atoms with E-state index in [0.29, 0.717) is 44.6 Å². The summed E-state index contributed by atoms with van der Waals surface area (Å²) in [5.41, 5.74) is 3.66. The fraction of sp³-hybridized carbons (Fsp3) is 0.194. The molecule has 0 saturated heterocycles. The molecular formula is C31H29N3O4S. The van der Waals surface area contributed by atoms with Gasteiger partial charge in [0.15, 0.2) is 11.5 Å². The van der Waals surface area contributed by atoms with Crippen LogP contribution in [0.25, 0.3) is 27.7 Å². The molecular weight excluding hydrogens is 510 g/mol. The number of fused-ring (bicyclic) bond motifs is 1. The van der Waals surface area contributed by atoms with Crippen molar-refractivity contribution >= 4 is 33.5 Å². The molecule has 5 aromatic rings. The monoisotopic (exact) mass is 539 g/mol. The lowest BCUT2D eigenvalue weighted by Gasteiger charge is -2.15. The SMILES string of the molecule is CC[C@@H](C)c1ccc(-c2csc(N=Cc3c(O)n(-c4ccc(OC)c(OC)c4)c(=O)c4ccccc34)n2)cc1. The van der Waals surface area contributed by atoms with Crippen LogP contribution in [0.15, 0.2) is 81.9 Å². The Bertz CT molecular complexity index is 1720. The summed E-state index contributed by atoms with van der Waals surface area (Å²) in [5.74, 6) is 1.24. The number of aliphatic imine (C=N–C) groups is 1. The second-order valence-corrected chi connectivity index (χ2v) is 10.0. The van der Waals surface area contributed by atoms with E-state index in [1.165, 1.54) is 35.7 Å². The first-order valence-corrected chi connectivity index (χ1v) is 13.5. The van der Waals surface area contributed by atoms with E-state index >= 15 is 0 Å². The molecule has 0 unspecified atom stereocenters. The van der Waals surface area contributed by atoms with E-state index in [2.05, 4.69) is 48.1 Å². The van der Waals surface area contributed by atoms with Crippen LogP contribution >= 0.6 is 11.3 Å². The second-order valence-electron chi connectivity index (χ2n) is 9.17. The Morgan fingerprint density at radius 3 is 2.44 bits per heavy atom. The van der Waals surface area contributed by atoms with Crippen molar-refractivity contribution in [1.29, 1.82) is 0 Å².